The van der Waals surface area contributed by atoms with Crippen LogP contribution in [0.25, 0.3) is 0 Å². The summed E-state index contributed by atoms with van der Waals surface area (Å²) in [6.45, 7) is 0. The quantitative estimate of drug-likeness (QED) is 0.754. The Balaban J connectivity index is 2.12. The lowest BCUT2D eigenvalue weighted by atomic mass is 9.90. The second-order valence-corrected chi connectivity index (χ2v) is 4.76. The Morgan fingerprint density at radius 1 is 1.25 bits per heavy atom. The van der Waals surface area contributed by atoms with Crippen LogP contribution in [0.3, 0.4) is 0 Å². The van der Waals surface area contributed by atoms with Crippen molar-refractivity contribution in [1.29, 1.82) is 0 Å². The summed E-state index contributed by atoms with van der Waals surface area (Å²) in [6.07, 6.45) is 6.14. The maximum Gasteiger partial charge on any atom is 0.123 e. The van der Waals surface area contributed by atoms with Gasteiger partial charge >= 0.3 is 0 Å². The maximum absolute atomic E-state index is 13.2. The number of benzene rings is 1. The van der Waals surface area contributed by atoms with E-state index in [9.17, 15) is 4.39 Å². The van der Waals surface area contributed by atoms with Gasteiger partial charge in [0.25, 0.3) is 0 Å². The first-order valence-corrected chi connectivity index (χ1v) is 6.22. The topological polar surface area (TPSA) is 12.0 Å². The third kappa shape index (κ3) is 2.82. The van der Waals surface area contributed by atoms with Crippen molar-refractivity contribution >= 4 is 0 Å². The number of hydrogen-bond donors (Lipinski definition) is 1. The predicted molar refractivity (Wildman–Crippen MR) is 65.1 cm³/mol. The van der Waals surface area contributed by atoms with Gasteiger partial charge in [-0.1, -0.05) is 25.0 Å². The minimum absolute atomic E-state index is 0.109. The Hall–Kier alpha value is -0.890. The van der Waals surface area contributed by atoms with Gasteiger partial charge in [-0.25, -0.2) is 4.39 Å². The second-order valence-electron chi connectivity index (χ2n) is 4.76. The van der Waals surface area contributed by atoms with E-state index in [0.29, 0.717) is 12.0 Å². The van der Waals surface area contributed by atoms with Crippen LogP contribution < -0.4 is 5.32 Å². The Bertz CT molecular complexity index is 337. The third-order valence-corrected chi connectivity index (χ3v) is 3.65. The van der Waals surface area contributed by atoms with Crippen LogP contribution in [-0.4, -0.2) is 13.1 Å². The van der Waals surface area contributed by atoms with Gasteiger partial charge in [0, 0.05) is 6.04 Å². The summed E-state index contributed by atoms with van der Waals surface area (Å²) in [5, 5.41) is 3.36. The molecule has 0 radical (unpaired) electrons. The largest absolute Gasteiger partial charge is 0.317 e. The van der Waals surface area contributed by atoms with E-state index in [2.05, 4.69) is 11.4 Å². The molecule has 2 atom stereocenters. The van der Waals surface area contributed by atoms with Crippen molar-refractivity contribution in [2.24, 2.45) is 0 Å². The highest BCUT2D eigenvalue weighted by Gasteiger charge is 2.20. The molecule has 2 unspecified atom stereocenters. The van der Waals surface area contributed by atoms with E-state index in [1.807, 2.05) is 13.1 Å². The van der Waals surface area contributed by atoms with Crippen molar-refractivity contribution in [1.82, 2.24) is 5.32 Å². The van der Waals surface area contributed by atoms with Crippen LogP contribution in [0.5, 0.6) is 0 Å². The molecule has 0 saturated heterocycles. The van der Waals surface area contributed by atoms with Crippen LogP contribution in [0, 0.1) is 5.82 Å². The summed E-state index contributed by atoms with van der Waals surface area (Å²) in [5.41, 5.74) is 1.17. The van der Waals surface area contributed by atoms with Crippen LogP contribution in [0.15, 0.2) is 24.3 Å². The zero-order valence-electron chi connectivity index (χ0n) is 9.88. The van der Waals surface area contributed by atoms with Crippen molar-refractivity contribution in [2.75, 3.05) is 7.05 Å². The minimum atomic E-state index is -0.109. The van der Waals surface area contributed by atoms with Gasteiger partial charge in [-0.15, -0.1) is 0 Å². The first-order valence-electron chi connectivity index (χ1n) is 6.22. The highest BCUT2D eigenvalue weighted by atomic mass is 19.1. The summed E-state index contributed by atoms with van der Waals surface area (Å²) >= 11 is 0. The van der Waals surface area contributed by atoms with E-state index in [1.54, 1.807) is 6.07 Å². The summed E-state index contributed by atoms with van der Waals surface area (Å²) in [4.78, 5) is 0. The predicted octanol–water partition coefficient (Wildman–Crippen LogP) is 3.46. The van der Waals surface area contributed by atoms with Crippen LogP contribution in [-0.2, 0) is 0 Å². The summed E-state index contributed by atoms with van der Waals surface area (Å²) in [5.74, 6) is 0.415. The number of nitrogens with one attached hydrogen (secondary N) is 1. The summed E-state index contributed by atoms with van der Waals surface area (Å²) < 4.78 is 13.2. The average Bonchev–Trinajstić information content (AvgIpc) is 2.54. The van der Waals surface area contributed by atoms with Gasteiger partial charge in [-0.05, 0) is 49.9 Å². The molecule has 1 nitrogen and oxygen atoms in total. The van der Waals surface area contributed by atoms with Gasteiger partial charge in [0.15, 0.2) is 0 Å². The molecule has 1 fully saturated rings. The monoisotopic (exact) mass is 221 g/mol. The van der Waals surface area contributed by atoms with E-state index in [4.69, 9.17) is 0 Å². The Kier molecular flexibility index (Phi) is 3.94. The molecule has 0 spiro atoms. The zero-order chi connectivity index (χ0) is 11.4. The molecule has 1 aliphatic rings. The lowest BCUT2D eigenvalue weighted by molar-refractivity contribution is 0.470. The molecule has 16 heavy (non-hydrogen) atoms. The van der Waals surface area contributed by atoms with Crippen molar-refractivity contribution in [3.63, 3.8) is 0 Å². The van der Waals surface area contributed by atoms with Crippen molar-refractivity contribution in [2.45, 2.75) is 44.1 Å². The highest BCUT2D eigenvalue weighted by Crippen LogP contribution is 2.31. The maximum atomic E-state index is 13.2. The Morgan fingerprint density at radius 3 is 2.81 bits per heavy atom. The Labute approximate surface area is 97.1 Å². The molecule has 2 rings (SSSR count). The van der Waals surface area contributed by atoms with E-state index in [1.165, 1.54) is 37.3 Å². The molecule has 1 aromatic rings. The molecule has 0 amide bonds. The third-order valence-electron chi connectivity index (χ3n) is 3.65. The number of rotatable bonds is 2. The van der Waals surface area contributed by atoms with Gasteiger partial charge in [0.1, 0.15) is 5.82 Å². The van der Waals surface area contributed by atoms with Gasteiger partial charge in [-0.2, -0.15) is 0 Å². The molecule has 0 aromatic heterocycles. The molecule has 0 bridgehead atoms. The fraction of sp³-hybridized carbons (Fsp3) is 0.571. The van der Waals surface area contributed by atoms with Crippen LogP contribution in [0.4, 0.5) is 4.39 Å². The standard InChI is InChI=1S/C14H20FN/c1-16-14-8-3-2-5-12(10-14)11-6-4-7-13(15)9-11/h4,6-7,9,12,14,16H,2-3,5,8,10H2,1H3. The van der Waals surface area contributed by atoms with Crippen molar-refractivity contribution in [3.05, 3.63) is 35.6 Å². The van der Waals surface area contributed by atoms with E-state index >= 15 is 0 Å². The van der Waals surface area contributed by atoms with Crippen molar-refractivity contribution < 1.29 is 4.39 Å². The first-order chi connectivity index (χ1) is 7.79. The zero-order valence-corrected chi connectivity index (χ0v) is 9.88. The van der Waals surface area contributed by atoms with Crippen LogP contribution in [0.2, 0.25) is 0 Å². The lowest BCUT2D eigenvalue weighted by Crippen LogP contribution is -2.25. The van der Waals surface area contributed by atoms with Gasteiger partial charge in [0.05, 0.1) is 0 Å². The van der Waals surface area contributed by atoms with E-state index in [-0.39, 0.29) is 5.82 Å². The smallest absolute Gasteiger partial charge is 0.123 e. The molecule has 1 aromatic carbocycles. The Morgan fingerprint density at radius 2 is 2.06 bits per heavy atom. The highest BCUT2D eigenvalue weighted by molar-refractivity contribution is 5.21. The fourth-order valence-corrected chi connectivity index (χ4v) is 2.69. The van der Waals surface area contributed by atoms with Crippen molar-refractivity contribution in [3.8, 4) is 0 Å². The molecule has 88 valence electrons. The second kappa shape index (κ2) is 5.44. The summed E-state index contributed by atoms with van der Waals surface area (Å²) in [6, 6.07) is 7.70. The van der Waals surface area contributed by atoms with E-state index in [0.717, 1.165) is 6.42 Å². The summed E-state index contributed by atoms with van der Waals surface area (Å²) in [7, 11) is 2.03. The molecule has 0 aliphatic heterocycles. The van der Waals surface area contributed by atoms with Gasteiger partial charge in [0.2, 0.25) is 0 Å². The molecule has 1 aliphatic carbocycles. The van der Waals surface area contributed by atoms with Gasteiger partial charge < -0.3 is 5.32 Å². The van der Waals surface area contributed by atoms with E-state index < -0.39 is 0 Å². The average molecular weight is 221 g/mol. The fourth-order valence-electron chi connectivity index (χ4n) is 2.69. The molecule has 1 N–H and O–H groups in total. The van der Waals surface area contributed by atoms with Crippen LogP contribution >= 0.6 is 0 Å². The van der Waals surface area contributed by atoms with Gasteiger partial charge in [-0.3, -0.25) is 0 Å². The lowest BCUT2D eigenvalue weighted by Gasteiger charge is -2.19. The normalized spacial score (nSPS) is 26.4. The molecule has 0 heterocycles. The molecule has 2 heteroatoms. The molecule has 1 saturated carbocycles. The molecular weight excluding hydrogens is 201 g/mol. The molecular formula is C14H20FN. The first kappa shape index (κ1) is 11.6. The number of halogens is 1. The van der Waals surface area contributed by atoms with Crippen LogP contribution in [0.1, 0.15) is 43.6 Å². The number of hydrogen-bond acceptors (Lipinski definition) is 1. The SMILES string of the molecule is CNC1CCCCC(c2cccc(F)c2)C1. The minimum Gasteiger partial charge on any atom is -0.317 e.